The van der Waals surface area contributed by atoms with Crippen LogP contribution in [0.5, 0.6) is 5.75 Å². The van der Waals surface area contributed by atoms with Gasteiger partial charge in [-0.1, -0.05) is 18.3 Å². The molecule has 8 nitrogen and oxygen atoms in total. The second kappa shape index (κ2) is 10.1. The predicted molar refractivity (Wildman–Crippen MR) is 131 cm³/mol. The molecule has 0 bridgehead atoms. The molecular weight excluding hydrogens is 460 g/mol. The molecule has 1 N–H and O–H groups in total. The fourth-order valence-corrected chi connectivity index (χ4v) is 5.66. The van der Waals surface area contributed by atoms with Crippen LogP contribution in [0.1, 0.15) is 17.3 Å². The first-order valence-corrected chi connectivity index (χ1v) is 13.4. The Bertz CT molecular complexity index is 1220. The quantitative estimate of drug-likeness (QED) is 0.521. The molecule has 1 aliphatic heterocycles. The van der Waals surface area contributed by atoms with Crippen molar-refractivity contribution in [2.45, 2.75) is 11.8 Å². The molecule has 1 amide bonds. The Hall–Kier alpha value is -2.69. The van der Waals surface area contributed by atoms with E-state index in [-0.39, 0.29) is 16.6 Å². The van der Waals surface area contributed by atoms with Crippen LogP contribution in [0.3, 0.4) is 0 Å². The molecule has 1 aromatic heterocycles. The third-order valence-corrected chi connectivity index (χ3v) is 8.63. The van der Waals surface area contributed by atoms with Crippen molar-refractivity contribution >= 4 is 42.4 Å². The topological polar surface area (TPSA) is 91.8 Å². The number of fused-ring (bicyclic) bond motifs is 1. The van der Waals surface area contributed by atoms with E-state index in [4.69, 9.17) is 9.72 Å². The molecule has 2 heterocycles. The number of benzene rings is 2. The maximum absolute atomic E-state index is 12.4. The van der Waals surface area contributed by atoms with Crippen molar-refractivity contribution in [1.82, 2.24) is 15.2 Å². The van der Waals surface area contributed by atoms with E-state index in [1.165, 1.54) is 12.1 Å². The molecule has 0 saturated carbocycles. The minimum absolute atomic E-state index is 0.0412. The molecule has 1 saturated heterocycles. The number of methoxy groups -OCH3 is 1. The summed E-state index contributed by atoms with van der Waals surface area (Å²) < 4.78 is 30.2. The van der Waals surface area contributed by atoms with Crippen molar-refractivity contribution < 1.29 is 17.9 Å². The van der Waals surface area contributed by atoms with Gasteiger partial charge in [-0.05, 0) is 42.5 Å². The molecule has 3 aromatic rings. The second-order valence-electron chi connectivity index (χ2n) is 7.84. The minimum atomic E-state index is -3.26. The van der Waals surface area contributed by atoms with Gasteiger partial charge in [0.15, 0.2) is 15.0 Å². The number of nitrogens with one attached hydrogen (secondary N) is 1. The molecule has 0 aliphatic carbocycles. The van der Waals surface area contributed by atoms with Crippen molar-refractivity contribution in [2.75, 3.05) is 57.0 Å². The summed E-state index contributed by atoms with van der Waals surface area (Å²) in [5.74, 6) is 0.685. The highest BCUT2D eigenvalue weighted by molar-refractivity contribution is 7.91. The molecule has 176 valence electrons. The molecule has 4 rings (SSSR count). The smallest absolute Gasteiger partial charge is 0.251 e. The molecule has 10 heteroatoms. The van der Waals surface area contributed by atoms with Gasteiger partial charge in [-0.15, -0.1) is 0 Å². The lowest BCUT2D eigenvalue weighted by atomic mass is 10.2. The van der Waals surface area contributed by atoms with Gasteiger partial charge in [0.05, 0.1) is 28.0 Å². The lowest BCUT2D eigenvalue weighted by Crippen LogP contribution is -2.48. The van der Waals surface area contributed by atoms with Crippen LogP contribution in [0.25, 0.3) is 10.2 Å². The number of amides is 1. The fraction of sp³-hybridized carbons (Fsp3) is 0.391. The van der Waals surface area contributed by atoms with Crippen LogP contribution < -0.4 is 15.0 Å². The van der Waals surface area contributed by atoms with E-state index in [0.29, 0.717) is 12.1 Å². The largest absolute Gasteiger partial charge is 0.497 e. The Morgan fingerprint density at radius 2 is 1.85 bits per heavy atom. The highest BCUT2D eigenvalue weighted by Gasteiger charge is 2.20. The zero-order chi connectivity index (χ0) is 23.4. The number of hydrogen-bond donors (Lipinski definition) is 1. The standard InChI is InChI=1S/C23H28N4O4S2/c1-3-33(29,30)19-7-4-17(5-8-19)22(28)24-10-11-26-12-14-27(15-13-26)23-25-20-9-6-18(31-2)16-21(20)32-23/h4-9,16H,3,10-15H2,1-2H3,(H,24,28). The van der Waals surface area contributed by atoms with E-state index in [2.05, 4.69) is 15.1 Å². The summed E-state index contributed by atoms with van der Waals surface area (Å²) in [4.78, 5) is 22.0. The van der Waals surface area contributed by atoms with E-state index in [0.717, 1.165) is 53.8 Å². The molecule has 1 fully saturated rings. The first-order chi connectivity index (χ1) is 15.9. The zero-order valence-electron chi connectivity index (χ0n) is 18.8. The van der Waals surface area contributed by atoms with Gasteiger partial charge < -0.3 is 15.0 Å². The fourth-order valence-electron chi connectivity index (χ4n) is 3.73. The number of aromatic nitrogens is 1. The SMILES string of the molecule is CCS(=O)(=O)c1ccc(C(=O)NCCN2CCN(c3nc4ccc(OC)cc4s3)CC2)cc1. The Kier molecular flexibility index (Phi) is 7.16. The summed E-state index contributed by atoms with van der Waals surface area (Å²) in [6, 6.07) is 12.0. The first kappa shape index (κ1) is 23.5. The normalized spacial score (nSPS) is 15.0. The molecule has 2 aromatic carbocycles. The molecule has 1 aliphatic rings. The number of sulfone groups is 1. The predicted octanol–water partition coefficient (Wildman–Crippen LogP) is 2.65. The number of piperazine rings is 1. The summed E-state index contributed by atoms with van der Waals surface area (Å²) in [5, 5.41) is 3.95. The van der Waals surface area contributed by atoms with Crippen molar-refractivity contribution in [2.24, 2.45) is 0 Å². The second-order valence-corrected chi connectivity index (χ2v) is 11.1. The van der Waals surface area contributed by atoms with Gasteiger partial charge in [-0.3, -0.25) is 9.69 Å². The monoisotopic (exact) mass is 488 g/mol. The molecular formula is C23H28N4O4S2. The third-order valence-electron chi connectivity index (χ3n) is 5.80. The van der Waals surface area contributed by atoms with Crippen LogP contribution in [0, 0.1) is 0 Å². The van der Waals surface area contributed by atoms with E-state index < -0.39 is 9.84 Å². The van der Waals surface area contributed by atoms with Crippen molar-refractivity contribution in [3.8, 4) is 5.75 Å². The number of carbonyl (C=O) groups excluding carboxylic acids is 1. The van der Waals surface area contributed by atoms with Gasteiger partial charge in [0.25, 0.3) is 5.91 Å². The summed E-state index contributed by atoms with van der Waals surface area (Å²) in [6.07, 6.45) is 0. The number of rotatable bonds is 8. The average Bonchev–Trinajstić information content (AvgIpc) is 3.27. The van der Waals surface area contributed by atoms with E-state index in [9.17, 15) is 13.2 Å². The summed E-state index contributed by atoms with van der Waals surface area (Å²) in [5.41, 5.74) is 1.45. The third kappa shape index (κ3) is 5.45. The van der Waals surface area contributed by atoms with Gasteiger partial charge in [0.2, 0.25) is 0 Å². The summed E-state index contributed by atoms with van der Waals surface area (Å²) >= 11 is 1.68. The van der Waals surface area contributed by atoms with Crippen molar-refractivity contribution in [1.29, 1.82) is 0 Å². The van der Waals surface area contributed by atoms with Crippen LogP contribution in [0.4, 0.5) is 5.13 Å². The van der Waals surface area contributed by atoms with Gasteiger partial charge in [0.1, 0.15) is 5.75 Å². The number of thiazole rings is 1. The number of hydrogen-bond acceptors (Lipinski definition) is 8. The maximum Gasteiger partial charge on any atom is 0.251 e. The van der Waals surface area contributed by atoms with Gasteiger partial charge in [-0.25, -0.2) is 13.4 Å². The van der Waals surface area contributed by atoms with Crippen molar-refractivity contribution in [3.63, 3.8) is 0 Å². The Balaban J connectivity index is 1.24. The highest BCUT2D eigenvalue weighted by Crippen LogP contribution is 2.31. The van der Waals surface area contributed by atoms with Crippen LogP contribution in [0.15, 0.2) is 47.4 Å². The molecule has 33 heavy (non-hydrogen) atoms. The minimum Gasteiger partial charge on any atom is -0.497 e. The van der Waals surface area contributed by atoms with Crippen LogP contribution in [0.2, 0.25) is 0 Å². The number of anilines is 1. The van der Waals surface area contributed by atoms with Gasteiger partial charge in [-0.2, -0.15) is 0 Å². The number of ether oxygens (including phenoxy) is 1. The lowest BCUT2D eigenvalue weighted by Gasteiger charge is -2.34. The molecule has 0 spiro atoms. The number of carbonyl (C=O) groups is 1. The highest BCUT2D eigenvalue weighted by atomic mass is 32.2. The van der Waals surface area contributed by atoms with Crippen LogP contribution in [-0.4, -0.2) is 76.3 Å². The molecule has 0 unspecified atom stereocenters. The van der Waals surface area contributed by atoms with Crippen LogP contribution >= 0.6 is 11.3 Å². The Morgan fingerprint density at radius 1 is 1.12 bits per heavy atom. The maximum atomic E-state index is 12.4. The molecule has 0 atom stereocenters. The summed E-state index contributed by atoms with van der Waals surface area (Å²) in [6.45, 7) is 6.48. The lowest BCUT2D eigenvalue weighted by molar-refractivity contribution is 0.0947. The summed E-state index contributed by atoms with van der Waals surface area (Å²) in [7, 11) is -1.59. The zero-order valence-corrected chi connectivity index (χ0v) is 20.4. The van der Waals surface area contributed by atoms with Crippen LogP contribution in [-0.2, 0) is 9.84 Å². The average molecular weight is 489 g/mol. The Labute approximate surface area is 198 Å². The molecule has 0 radical (unpaired) electrons. The van der Waals surface area contributed by atoms with Gasteiger partial charge in [0, 0.05) is 44.8 Å². The van der Waals surface area contributed by atoms with Crippen molar-refractivity contribution in [3.05, 3.63) is 48.0 Å². The van der Waals surface area contributed by atoms with E-state index in [1.807, 2.05) is 18.2 Å². The van der Waals surface area contributed by atoms with E-state index >= 15 is 0 Å². The van der Waals surface area contributed by atoms with E-state index in [1.54, 1.807) is 37.5 Å². The first-order valence-electron chi connectivity index (χ1n) is 10.9. The Morgan fingerprint density at radius 3 is 2.52 bits per heavy atom. The van der Waals surface area contributed by atoms with Gasteiger partial charge >= 0.3 is 0 Å². The number of nitrogens with zero attached hydrogens (tertiary/aromatic N) is 3.